The number of nitro groups is 2. The van der Waals surface area contributed by atoms with Gasteiger partial charge < -0.3 is 18.9 Å². The Morgan fingerprint density at radius 3 is 1.78 bits per heavy atom. The molecule has 2 aromatic rings. The van der Waals surface area contributed by atoms with Crippen LogP contribution in [0.25, 0.3) is 0 Å². The quantitative estimate of drug-likeness (QED) is 0.0506. The van der Waals surface area contributed by atoms with Gasteiger partial charge in [0.25, 0.3) is 0 Å². The first-order valence-electron chi connectivity index (χ1n) is 10.1. The van der Waals surface area contributed by atoms with E-state index >= 15 is 0 Å². The molecule has 0 spiro atoms. The second-order valence-corrected chi connectivity index (χ2v) is 10.3. The Bertz CT molecular complexity index is 1020. The summed E-state index contributed by atoms with van der Waals surface area (Å²) in [6.45, 7) is 0.0357. The summed E-state index contributed by atoms with van der Waals surface area (Å²) in [6, 6.07) is 10.0. The molecule has 16 heteroatoms. The van der Waals surface area contributed by atoms with E-state index in [0.717, 1.165) is 9.79 Å². The Hall–Kier alpha value is -1.70. The van der Waals surface area contributed by atoms with E-state index < -0.39 is 21.6 Å². The number of halogens is 4. The van der Waals surface area contributed by atoms with Crippen LogP contribution >= 0.6 is 68.0 Å². The van der Waals surface area contributed by atoms with E-state index in [1.807, 2.05) is 0 Å². The molecule has 0 saturated carbocycles. The van der Waals surface area contributed by atoms with Crippen molar-refractivity contribution in [3.8, 4) is 23.0 Å². The van der Waals surface area contributed by atoms with Crippen molar-refractivity contribution in [2.75, 3.05) is 37.5 Å². The molecule has 2 aromatic carbocycles. The number of hydrogen-bond acceptors (Lipinski definition) is 10. The molecule has 2 rings (SSSR count). The number of rotatable bonds is 17. The highest BCUT2D eigenvalue weighted by atomic mass is 35.5. The molecule has 0 heterocycles. The molecular formula is C20H20Cl4N2O8S2. The molecule has 2 atom stereocenters. The smallest absolute Gasteiger partial charge is 0.367 e. The highest BCUT2D eigenvalue weighted by Gasteiger charge is 2.23. The van der Waals surface area contributed by atoms with E-state index in [1.165, 1.54) is 21.6 Å². The summed E-state index contributed by atoms with van der Waals surface area (Å²) in [5.41, 5.74) is -1.40. The van der Waals surface area contributed by atoms with Crippen molar-refractivity contribution >= 4 is 68.0 Å². The maximum absolute atomic E-state index is 11.1. The number of hydrogen-bond donors (Lipinski definition) is 0. The molecule has 0 fully saturated rings. The predicted octanol–water partition coefficient (Wildman–Crippen LogP) is 6.16. The standard InChI is InChI=1S/C20H20Cl4N2O8S2/c21-5-7-31-17-9-13(1-3-15(17)33-12-19(24)25(27)28)35-36-14-2-4-16(18(10-14)32-8-6-22)34-20(11-23)26(29)30/h1-4,9-10,19-20H,5-8,11-12H2. The first-order chi connectivity index (χ1) is 17.3. The Balaban J connectivity index is 2.15. The number of ether oxygens (including phenoxy) is 4. The van der Waals surface area contributed by atoms with Gasteiger partial charge in [-0.05, 0) is 48.0 Å². The maximum Gasteiger partial charge on any atom is 0.367 e. The van der Waals surface area contributed by atoms with E-state index in [1.54, 1.807) is 36.4 Å². The molecule has 0 aliphatic heterocycles. The largest absolute Gasteiger partial charge is 0.488 e. The normalized spacial score (nSPS) is 12.4. The third-order valence-corrected chi connectivity index (χ3v) is 7.21. The number of nitrogens with zero attached hydrogens (tertiary/aromatic N) is 2. The Morgan fingerprint density at radius 1 is 0.778 bits per heavy atom. The second kappa shape index (κ2) is 16.2. The van der Waals surface area contributed by atoms with Gasteiger partial charge in [-0.25, -0.2) is 0 Å². The lowest BCUT2D eigenvalue weighted by molar-refractivity contribution is -0.556. The summed E-state index contributed by atoms with van der Waals surface area (Å²) in [5.74, 6) is 1.22. The van der Waals surface area contributed by atoms with Crippen molar-refractivity contribution in [3.63, 3.8) is 0 Å². The minimum absolute atomic E-state index is 0.169. The molecule has 0 N–H and O–H groups in total. The molecule has 0 aliphatic carbocycles. The Morgan fingerprint density at radius 2 is 1.31 bits per heavy atom. The Labute approximate surface area is 234 Å². The van der Waals surface area contributed by atoms with Gasteiger partial charge in [0.2, 0.25) is 0 Å². The van der Waals surface area contributed by atoms with Gasteiger partial charge in [-0.15, -0.1) is 34.8 Å². The average Bonchev–Trinajstić information content (AvgIpc) is 2.87. The van der Waals surface area contributed by atoms with Gasteiger partial charge in [0.05, 0.1) is 16.7 Å². The van der Waals surface area contributed by atoms with Crippen LogP contribution < -0.4 is 18.9 Å². The summed E-state index contributed by atoms with van der Waals surface area (Å²) in [4.78, 5) is 22.1. The van der Waals surface area contributed by atoms with Crippen molar-refractivity contribution in [2.45, 2.75) is 21.5 Å². The molecule has 0 saturated heterocycles. The molecule has 10 nitrogen and oxygen atoms in total. The zero-order valence-electron chi connectivity index (χ0n) is 18.4. The predicted molar refractivity (Wildman–Crippen MR) is 141 cm³/mol. The minimum Gasteiger partial charge on any atom is -0.488 e. The highest BCUT2D eigenvalue weighted by Crippen LogP contribution is 2.43. The molecule has 0 radical (unpaired) electrons. The first-order valence-corrected chi connectivity index (χ1v) is 14.2. The summed E-state index contributed by atoms with van der Waals surface area (Å²) < 4.78 is 22.0. The zero-order valence-corrected chi connectivity index (χ0v) is 23.0. The van der Waals surface area contributed by atoms with Gasteiger partial charge >= 0.3 is 11.7 Å². The van der Waals surface area contributed by atoms with Crippen molar-refractivity contribution in [2.24, 2.45) is 0 Å². The lowest BCUT2D eigenvalue weighted by Gasteiger charge is -2.15. The maximum atomic E-state index is 11.1. The van der Waals surface area contributed by atoms with Crippen LogP contribution in [0, 0.1) is 20.2 Å². The van der Waals surface area contributed by atoms with Crippen LogP contribution in [-0.4, -0.2) is 59.0 Å². The van der Waals surface area contributed by atoms with Gasteiger partial charge in [-0.3, -0.25) is 20.2 Å². The van der Waals surface area contributed by atoms with Crippen LogP contribution in [0.2, 0.25) is 0 Å². The van der Waals surface area contributed by atoms with Gasteiger partial charge in [-0.2, -0.15) is 0 Å². The minimum atomic E-state index is -1.43. The van der Waals surface area contributed by atoms with E-state index in [0.29, 0.717) is 11.5 Å². The van der Waals surface area contributed by atoms with Gasteiger partial charge in [-0.1, -0.05) is 21.6 Å². The van der Waals surface area contributed by atoms with Crippen LogP contribution in [0.3, 0.4) is 0 Å². The fraction of sp³-hybridized carbons (Fsp3) is 0.400. The Kier molecular flexibility index (Phi) is 13.7. The van der Waals surface area contributed by atoms with Crippen LogP contribution in [0.1, 0.15) is 0 Å². The van der Waals surface area contributed by atoms with Gasteiger partial charge in [0.1, 0.15) is 19.1 Å². The van der Waals surface area contributed by atoms with Crippen LogP contribution in [0.15, 0.2) is 46.2 Å². The summed E-state index contributed by atoms with van der Waals surface area (Å²) in [5, 5.41) is 21.8. The van der Waals surface area contributed by atoms with Crippen LogP contribution in [0.4, 0.5) is 0 Å². The van der Waals surface area contributed by atoms with E-state index in [9.17, 15) is 20.2 Å². The first kappa shape index (κ1) is 30.5. The molecule has 0 aliphatic rings. The van der Waals surface area contributed by atoms with Crippen molar-refractivity contribution in [1.82, 2.24) is 0 Å². The number of alkyl halides is 4. The fourth-order valence-corrected chi connectivity index (χ4v) is 4.76. The summed E-state index contributed by atoms with van der Waals surface area (Å²) in [6.07, 6.45) is -1.43. The summed E-state index contributed by atoms with van der Waals surface area (Å²) >= 11 is 22.7. The third-order valence-electron chi connectivity index (χ3n) is 3.97. The fourth-order valence-electron chi connectivity index (χ4n) is 2.41. The van der Waals surface area contributed by atoms with Crippen molar-refractivity contribution < 1.29 is 28.8 Å². The molecular weight excluding hydrogens is 602 g/mol. The van der Waals surface area contributed by atoms with Crippen LogP contribution in [0.5, 0.6) is 23.0 Å². The topological polar surface area (TPSA) is 123 Å². The monoisotopic (exact) mass is 620 g/mol. The lowest BCUT2D eigenvalue weighted by Crippen LogP contribution is -2.28. The zero-order chi connectivity index (χ0) is 26.5. The van der Waals surface area contributed by atoms with Gasteiger partial charge in [0.15, 0.2) is 29.6 Å². The summed E-state index contributed by atoms with van der Waals surface area (Å²) in [7, 11) is 2.76. The van der Waals surface area contributed by atoms with Gasteiger partial charge in [0, 0.05) is 14.7 Å². The van der Waals surface area contributed by atoms with E-state index in [4.69, 9.17) is 65.4 Å². The SMILES string of the molecule is O=[N+]([O-])C(Cl)COc1ccc(SSc2ccc(OC(CCl)[N+](=O)[O-])c(OCCCl)c2)cc1OCCCl. The molecule has 36 heavy (non-hydrogen) atoms. The van der Waals surface area contributed by atoms with Crippen LogP contribution in [-0.2, 0) is 0 Å². The van der Waals surface area contributed by atoms with Crippen molar-refractivity contribution in [3.05, 3.63) is 56.6 Å². The highest BCUT2D eigenvalue weighted by molar-refractivity contribution is 8.76. The second-order valence-electron chi connectivity index (χ2n) is 6.50. The molecule has 0 bridgehead atoms. The van der Waals surface area contributed by atoms with Crippen molar-refractivity contribution in [1.29, 1.82) is 0 Å². The average molecular weight is 622 g/mol. The lowest BCUT2D eigenvalue weighted by atomic mass is 10.3. The third kappa shape index (κ3) is 9.98. The van der Waals surface area contributed by atoms with E-state index in [-0.39, 0.29) is 49.0 Å². The molecule has 0 aromatic heterocycles. The van der Waals surface area contributed by atoms with E-state index in [2.05, 4.69) is 0 Å². The molecule has 2 unspecified atom stereocenters. The molecule has 0 amide bonds. The number of benzene rings is 2. The molecule has 198 valence electrons.